The Bertz CT molecular complexity index is 1210. The lowest BCUT2D eigenvalue weighted by Crippen LogP contribution is -2.38. The zero-order valence-corrected chi connectivity index (χ0v) is 16.0. The van der Waals surface area contributed by atoms with Crippen LogP contribution in [0.1, 0.15) is 24.2 Å². The zero-order valence-electron chi connectivity index (χ0n) is 16.0. The quantitative estimate of drug-likeness (QED) is 0.468. The molecule has 1 N–H and O–H groups in total. The first-order valence-electron chi connectivity index (χ1n) is 9.08. The van der Waals surface area contributed by atoms with Crippen LogP contribution in [0.4, 0.5) is 17.6 Å². The fraction of sp³-hybridized carbons (Fsp3) is 0.200. The zero-order chi connectivity index (χ0) is 22.2. The fourth-order valence-electron chi connectivity index (χ4n) is 3.35. The molecule has 31 heavy (non-hydrogen) atoms. The molecule has 160 valence electrons. The maximum absolute atomic E-state index is 14.6. The van der Waals surface area contributed by atoms with Crippen LogP contribution in [0, 0.1) is 23.3 Å². The second kappa shape index (κ2) is 7.91. The first-order valence-corrected chi connectivity index (χ1v) is 9.08. The molecule has 0 saturated heterocycles. The molecule has 0 amide bonds. The van der Waals surface area contributed by atoms with Crippen molar-refractivity contribution < 1.29 is 27.2 Å². The summed E-state index contributed by atoms with van der Waals surface area (Å²) >= 11 is 0. The van der Waals surface area contributed by atoms with Gasteiger partial charge in [0.2, 0.25) is 0 Å². The van der Waals surface area contributed by atoms with Crippen LogP contribution >= 0.6 is 0 Å². The molecule has 4 aromatic rings. The predicted molar refractivity (Wildman–Crippen MR) is 98.3 cm³/mol. The van der Waals surface area contributed by atoms with E-state index in [0.29, 0.717) is 12.1 Å². The third-order valence-electron chi connectivity index (χ3n) is 5.07. The van der Waals surface area contributed by atoms with Gasteiger partial charge in [0.25, 0.3) is 0 Å². The highest BCUT2D eigenvalue weighted by molar-refractivity contribution is 5.59. The van der Waals surface area contributed by atoms with Gasteiger partial charge in [-0.15, -0.1) is 5.10 Å². The van der Waals surface area contributed by atoms with Crippen LogP contribution in [0.5, 0.6) is 0 Å². The molecule has 0 bridgehead atoms. The highest BCUT2D eigenvalue weighted by Crippen LogP contribution is 2.40. The highest BCUT2D eigenvalue weighted by Gasteiger charge is 2.42. The molecule has 4 rings (SSSR count). The molecule has 0 spiro atoms. The summed E-state index contributed by atoms with van der Waals surface area (Å²) in [6, 6.07) is 7.09. The number of hydrogen-bond donors (Lipinski definition) is 1. The van der Waals surface area contributed by atoms with Crippen LogP contribution in [-0.2, 0) is 12.1 Å². The first kappa shape index (κ1) is 20.7. The van der Waals surface area contributed by atoms with Crippen molar-refractivity contribution in [1.82, 2.24) is 25.4 Å². The van der Waals surface area contributed by atoms with E-state index in [-0.39, 0.29) is 29.1 Å². The molecule has 0 aliphatic heterocycles. The average molecular weight is 433 g/mol. The van der Waals surface area contributed by atoms with Crippen molar-refractivity contribution in [1.29, 1.82) is 0 Å². The van der Waals surface area contributed by atoms with E-state index in [4.69, 9.17) is 4.52 Å². The van der Waals surface area contributed by atoms with E-state index >= 15 is 0 Å². The number of nitrogens with zero attached hydrogens (tertiary/aromatic N) is 5. The van der Waals surface area contributed by atoms with Crippen molar-refractivity contribution >= 4 is 0 Å². The van der Waals surface area contributed by atoms with Crippen molar-refractivity contribution in [3.8, 4) is 11.3 Å². The van der Waals surface area contributed by atoms with E-state index in [0.717, 1.165) is 18.2 Å². The van der Waals surface area contributed by atoms with E-state index in [1.54, 1.807) is 0 Å². The minimum atomic E-state index is -1.99. The van der Waals surface area contributed by atoms with Gasteiger partial charge in [-0.05, 0) is 28.6 Å². The second-order valence-corrected chi connectivity index (χ2v) is 7.02. The van der Waals surface area contributed by atoms with Gasteiger partial charge in [-0.25, -0.2) is 22.2 Å². The molecule has 0 unspecified atom stereocenters. The second-order valence-electron chi connectivity index (χ2n) is 7.02. The number of benzene rings is 2. The number of rotatable bonds is 6. The summed E-state index contributed by atoms with van der Waals surface area (Å²) in [5, 5.41) is 26.0. The van der Waals surface area contributed by atoms with E-state index in [1.807, 2.05) is 0 Å². The van der Waals surface area contributed by atoms with Gasteiger partial charge in [-0.2, -0.15) is 0 Å². The lowest BCUT2D eigenvalue weighted by Gasteiger charge is -2.33. The number of hydrogen-bond acceptors (Lipinski definition) is 6. The van der Waals surface area contributed by atoms with E-state index in [9.17, 15) is 22.7 Å². The van der Waals surface area contributed by atoms with Crippen LogP contribution in [0.25, 0.3) is 11.3 Å². The lowest BCUT2D eigenvalue weighted by molar-refractivity contribution is -0.0185. The number of halogens is 4. The van der Waals surface area contributed by atoms with Crippen molar-refractivity contribution in [3.63, 3.8) is 0 Å². The van der Waals surface area contributed by atoms with Crippen molar-refractivity contribution in [2.45, 2.75) is 25.0 Å². The van der Waals surface area contributed by atoms with Gasteiger partial charge in [0.1, 0.15) is 46.7 Å². The van der Waals surface area contributed by atoms with Crippen molar-refractivity contribution in [2.75, 3.05) is 0 Å². The largest absolute Gasteiger partial charge is 0.382 e. The first-order chi connectivity index (χ1) is 14.8. The van der Waals surface area contributed by atoms with Gasteiger partial charge in [0.15, 0.2) is 0 Å². The summed E-state index contributed by atoms with van der Waals surface area (Å²) in [5.74, 6) is -4.26. The summed E-state index contributed by atoms with van der Waals surface area (Å²) in [5.41, 5.74) is -2.17. The molecule has 0 saturated carbocycles. The number of tetrazole rings is 1. The van der Waals surface area contributed by atoms with Gasteiger partial charge >= 0.3 is 0 Å². The number of aromatic nitrogens is 5. The van der Waals surface area contributed by atoms with E-state index in [1.165, 1.54) is 30.1 Å². The summed E-state index contributed by atoms with van der Waals surface area (Å²) in [4.78, 5) is 0. The molecule has 0 radical (unpaired) electrons. The molecule has 0 aliphatic rings. The summed E-state index contributed by atoms with van der Waals surface area (Å²) < 4.78 is 61.8. The van der Waals surface area contributed by atoms with Gasteiger partial charge < -0.3 is 9.63 Å². The minimum Gasteiger partial charge on any atom is -0.382 e. The number of aliphatic hydroxyl groups is 1. The van der Waals surface area contributed by atoms with Gasteiger partial charge in [0, 0.05) is 29.3 Å². The van der Waals surface area contributed by atoms with Gasteiger partial charge in [0.05, 0.1) is 12.5 Å². The summed E-state index contributed by atoms with van der Waals surface area (Å²) in [7, 11) is 0. The molecule has 0 fully saturated rings. The lowest BCUT2D eigenvalue weighted by atomic mass is 9.80. The Morgan fingerprint density at radius 1 is 1.03 bits per heavy atom. The highest BCUT2D eigenvalue weighted by atomic mass is 19.1. The molecule has 7 nitrogen and oxygen atoms in total. The molecular weight excluding hydrogens is 418 g/mol. The van der Waals surface area contributed by atoms with E-state index < -0.39 is 34.8 Å². The molecule has 11 heteroatoms. The Morgan fingerprint density at radius 2 is 1.74 bits per heavy atom. The van der Waals surface area contributed by atoms with Crippen molar-refractivity contribution in [3.05, 3.63) is 83.4 Å². The monoisotopic (exact) mass is 433 g/mol. The third-order valence-corrected chi connectivity index (χ3v) is 5.07. The molecule has 2 heterocycles. The normalized spacial score (nSPS) is 14.4. The average Bonchev–Trinajstić information content (AvgIpc) is 3.39. The molecule has 2 aromatic carbocycles. The molecule has 0 aliphatic carbocycles. The van der Waals surface area contributed by atoms with Gasteiger partial charge in [-0.3, -0.25) is 0 Å². The Labute approximate surface area is 172 Å². The van der Waals surface area contributed by atoms with Crippen LogP contribution in [0.3, 0.4) is 0 Å². The maximum atomic E-state index is 14.6. The SMILES string of the molecule is C[C@@H](c1cc(-c2ccc(F)cc2F)no1)[C@](O)(Cn1cnnn1)c1ccc(F)cc1F. The Balaban J connectivity index is 1.76. The Morgan fingerprint density at radius 3 is 2.39 bits per heavy atom. The molecule has 2 aromatic heterocycles. The minimum absolute atomic E-state index is 0.0134. The van der Waals surface area contributed by atoms with Crippen LogP contribution in [0.15, 0.2) is 53.3 Å². The Kier molecular flexibility index (Phi) is 5.27. The van der Waals surface area contributed by atoms with Gasteiger partial charge in [-0.1, -0.05) is 18.1 Å². The smallest absolute Gasteiger partial charge is 0.143 e. The predicted octanol–water partition coefficient (Wildman–Crippen LogP) is 3.58. The van der Waals surface area contributed by atoms with Crippen LogP contribution < -0.4 is 0 Å². The molecule has 2 atom stereocenters. The Hall–Kier alpha value is -3.60. The van der Waals surface area contributed by atoms with Crippen LogP contribution in [0.2, 0.25) is 0 Å². The fourth-order valence-corrected chi connectivity index (χ4v) is 3.35. The molecular formula is C20H15F4N5O2. The summed E-state index contributed by atoms with van der Waals surface area (Å²) in [6.07, 6.45) is 1.22. The van der Waals surface area contributed by atoms with E-state index in [2.05, 4.69) is 20.7 Å². The maximum Gasteiger partial charge on any atom is 0.143 e. The third kappa shape index (κ3) is 3.91. The topological polar surface area (TPSA) is 89.9 Å². The van der Waals surface area contributed by atoms with Crippen molar-refractivity contribution in [2.24, 2.45) is 0 Å². The standard InChI is InChI=1S/C20H15F4N5O2/c1-11(19-8-18(26-31-19)14-4-2-12(21)6-16(14)23)20(30,9-29-10-25-27-28-29)15-5-3-13(22)7-17(15)24/h2-8,10-11,30H,9H2,1H3/t11-,20+/m0/s1. The summed E-state index contributed by atoms with van der Waals surface area (Å²) in [6.45, 7) is 1.23. The van der Waals surface area contributed by atoms with Crippen LogP contribution in [-0.4, -0.2) is 30.5 Å².